The number of methoxy groups -OCH3 is 1. The third kappa shape index (κ3) is 5.23. The van der Waals surface area contributed by atoms with E-state index in [2.05, 4.69) is 33.8 Å². The first kappa shape index (κ1) is 18.7. The summed E-state index contributed by atoms with van der Waals surface area (Å²) in [6.07, 6.45) is 3.01. The highest BCUT2D eigenvalue weighted by Gasteiger charge is 2.32. The van der Waals surface area contributed by atoms with Gasteiger partial charge in [-0.25, -0.2) is 0 Å². The average molecular weight is 389 g/mol. The maximum absolute atomic E-state index is 5.91. The topological polar surface area (TPSA) is 43.0 Å². The van der Waals surface area contributed by atoms with E-state index in [1.165, 1.54) is 23.3 Å². The quantitative estimate of drug-likeness (QED) is 0.714. The standard InChI is InChI=1S/C21H28N2O3S/c1-24-21-11-16(4-7-20(21)26-15-19-3-2-10-27-19)12-22-13-18-14-23(8-9-25-18)17-5-6-17/h2-4,7,10-11,17-18,22H,5-6,8-9,12-15H2,1H3. The van der Waals surface area contributed by atoms with Crippen LogP contribution >= 0.6 is 11.3 Å². The van der Waals surface area contributed by atoms with Crippen molar-refractivity contribution in [1.82, 2.24) is 10.2 Å². The van der Waals surface area contributed by atoms with Crippen molar-refractivity contribution in [3.05, 3.63) is 46.2 Å². The summed E-state index contributed by atoms with van der Waals surface area (Å²) in [5.74, 6) is 1.56. The highest BCUT2D eigenvalue weighted by Crippen LogP contribution is 2.30. The van der Waals surface area contributed by atoms with Gasteiger partial charge >= 0.3 is 0 Å². The van der Waals surface area contributed by atoms with Gasteiger partial charge in [-0.2, -0.15) is 0 Å². The summed E-state index contributed by atoms with van der Waals surface area (Å²) >= 11 is 1.70. The number of thiophene rings is 1. The zero-order valence-corrected chi connectivity index (χ0v) is 16.7. The number of benzene rings is 1. The molecule has 1 unspecified atom stereocenters. The lowest BCUT2D eigenvalue weighted by atomic mass is 10.2. The predicted octanol–water partition coefficient (Wildman–Crippen LogP) is 3.29. The van der Waals surface area contributed by atoms with Crippen molar-refractivity contribution in [1.29, 1.82) is 0 Å². The van der Waals surface area contributed by atoms with Gasteiger partial charge in [-0.05, 0) is 42.0 Å². The molecule has 1 aliphatic heterocycles. The van der Waals surface area contributed by atoms with Crippen LogP contribution in [0.25, 0.3) is 0 Å². The molecule has 1 aliphatic carbocycles. The van der Waals surface area contributed by atoms with Crippen molar-refractivity contribution < 1.29 is 14.2 Å². The summed E-state index contributed by atoms with van der Waals surface area (Å²) < 4.78 is 17.3. The first-order chi connectivity index (χ1) is 13.3. The third-order valence-electron chi connectivity index (χ3n) is 5.11. The van der Waals surface area contributed by atoms with E-state index >= 15 is 0 Å². The predicted molar refractivity (Wildman–Crippen MR) is 108 cm³/mol. The highest BCUT2D eigenvalue weighted by molar-refractivity contribution is 7.09. The smallest absolute Gasteiger partial charge is 0.161 e. The van der Waals surface area contributed by atoms with E-state index in [9.17, 15) is 0 Å². The van der Waals surface area contributed by atoms with Crippen LogP contribution in [0.4, 0.5) is 0 Å². The van der Waals surface area contributed by atoms with Crippen molar-refractivity contribution in [2.45, 2.75) is 38.1 Å². The van der Waals surface area contributed by atoms with E-state index in [1.807, 2.05) is 12.1 Å². The fraction of sp³-hybridized carbons (Fsp3) is 0.524. The Morgan fingerprint density at radius 1 is 1.26 bits per heavy atom. The van der Waals surface area contributed by atoms with Crippen LogP contribution in [-0.2, 0) is 17.9 Å². The van der Waals surface area contributed by atoms with E-state index in [4.69, 9.17) is 14.2 Å². The van der Waals surface area contributed by atoms with E-state index in [0.717, 1.165) is 50.3 Å². The first-order valence-corrected chi connectivity index (χ1v) is 10.6. The Bertz CT molecular complexity index is 718. The Morgan fingerprint density at radius 2 is 2.19 bits per heavy atom. The summed E-state index contributed by atoms with van der Waals surface area (Å²) in [5.41, 5.74) is 1.19. The molecule has 1 aromatic heterocycles. The first-order valence-electron chi connectivity index (χ1n) is 9.70. The lowest BCUT2D eigenvalue weighted by Gasteiger charge is -2.33. The fourth-order valence-electron chi connectivity index (χ4n) is 3.50. The molecule has 0 radical (unpaired) electrons. The SMILES string of the molecule is COc1cc(CNCC2CN(C3CC3)CCO2)ccc1OCc1cccs1. The molecule has 5 nitrogen and oxygen atoms in total. The molecule has 1 saturated heterocycles. The lowest BCUT2D eigenvalue weighted by Crippen LogP contribution is -2.47. The van der Waals surface area contributed by atoms with E-state index in [0.29, 0.717) is 6.61 Å². The monoisotopic (exact) mass is 388 g/mol. The third-order valence-corrected chi connectivity index (χ3v) is 5.96. The molecule has 1 N–H and O–H groups in total. The molecule has 6 heteroatoms. The molecule has 0 amide bonds. The fourth-order valence-corrected chi connectivity index (χ4v) is 4.12. The van der Waals surface area contributed by atoms with Gasteiger partial charge in [0.1, 0.15) is 6.61 Å². The van der Waals surface area contributed by atoms with Crippen molar-refractivity contribution >= 4 is 11.3 Å². The molecule has 1 aromatic carbocycles. The number of ether oxygens (including phenoxy) is 3. The van der Waals surface area contributed by atoms with Gasteiger partial charge in [-0.1, -0.05) is 12.1 Å². The second-order valence-corrected chi connectivity index (χ2v) is 8.24. The summed E-state index contributed by atoms with van der Waals surface area (Å²) in [5, 5.41) is 5.59. The Kier molecular flexibility index (Phi) is 6.29. The lowest BCUT2D eigenvalue weighted by molar-refractivity contribution is -0.0301. The van der Waals surface area contributed by atoms with Crippen LogP contribution in [-0.4, -0.2) is 50.4 Å². The minimum absolute atomic E-state index is 0.287. The molecule has 4 rings (SSSR count). The number of nitrogens with one attached hydrogen (secondary N) is 1. The summed E-state index contributed by atoms with van der Waals surface area (Å²) in [6, 6.07) is 11.1. The average Bonchev–Trinajstić information content (AvgIpc) is 3.43. The molecule has 0 bridgehead atoms. The summed E-state index contributed by atoms with van der Waals surface area (Å²) in [6.45, 7) is 5.24. The molecular weight excluding hydrogens is 360 g/mol. The van der Waals surface area contributed by atoms with Crippen LogP contribution in [0.1, 0.15) is 23.3 Å². The van der Waals surface area contributed by atoms with Crippen LogP contribution in [0.2, 0.25) is 0 Å². The largest absolute Gasteiger partial charge is 0.493 e. The van der Waals surface area contributed by atoms with E-state index < -0.39 is 0 Å². The molecule has 2 fully saturated rings. The van der Waals surface area contributed by atoms with Crippen LogP contribution in [0.5, 0.6) is 11.5 Å². The zero-order chi connectivity index (χ0) is 18.5. The molecule has 1 saturated carbocycles. The normalized spacial score (nSPS) is 20.6. The summed E-state index contributed by atoms with van der Waals surface area (Å²) in [7, 11) is 1.69. The Balaban J connectivity index is 1.26. The zero-order valence-electron chi connectivity index (χ0n) is 15.9. The van der Waals surface area contributed by atoms with Crippen molar-refractivity contribution in [2.75, 3.05) is 33.4 Å². The van der Waals surface area contributed by atoms with Gasteiger partial charge < -0.3 is 19.5 Å². The molecule has 2 heterocycles. The van der Waals surface area contributed by atoms with Crippen molar-refractivity contribution in [3.8, 4) is 11.5 Å². The van der Waals surface area contributed by atoms with Crippen LogP contribution in [0.3, 0.4) is 0 Å². The molecule has 0 spiro atoms. The van der Waals surface area contributed by atoms with Crippen LogP contribution in [0, 0.1) is 0 Å². The number of hydrogen-bond acceptors (Lipinski definition) is 6. The second kappa shape index (κ2) is 9.06. The minimum Gasteiger partial charge on any atom is -0.493 e. The Hall–Kier alpha value is -1.60. The molecular formula is C21H28N2O3S. The van der Waals surface area contributed by atoms with Gasteiger partial charge in [0.15, 0.2) is 11.5 Å². The number of hydrogen-bond donors (Lipinski definition) is 1. The molecule has 1 atom stereocenters. The van der Waals surface area contributed by atoms with Gasteiger partial charge in [-0.15, -0.1) is 11.3 Å². The van der Waals surface area contributed by atoms with Crippen molar-refractivity contribution in [3.63, 3.8) is 0 Å². The van der Waals surface area contributed by atoms with Crippen LogP contribution < -0.4 is 14.8 Å². The van der Waals surface area contributed by atoms with Crippen LogP contribution in [0.15, 0.2) is 35.7 Å². The van der Waals surface area contributed by atoms with Gasteiger partial charge in [-0.3, -0.25) is 4.90 Å². The molecule has 27 heavy (non-hydrogen) atoms. The molecule has 2 aliphatic rings. The van der Waals surface area contributed by atoms with E-state index in [-0.39, 0.29) is 6.10 Å². The van der Waals surface area contributed by atoms with Gasteiger partial charge in [0.05, 0.1) is 19.8 Å². The maximum Gasteiger partial charge on any atom is 0.161 e. The maximum atomic E-state index is 5.91. The van der Waals surface area contributed by atoms with Gasteiger partial charge in [0.2, 0.25) is 0 Å². The molecule has 2 aromatic rings. The van der Waals surface area contributed by atoms with E-state index in [1.54, 1.807) is 18.4 Å². The van der Waals surface area contributed by atoms with Crippen molar-refractivity contribution in [2.24, 2.45) is 0 Å². The van der Waals surface area contributed by atoms with Gasteiger partial charge in [0.25, 0.3) is 0 Å². The number of rotatable bonds is 9. The highest BCUT2D eigenvalue weighted by atomic mass is 32.1. The number of nitrogens with zero attached hydrogens (tertiary/aromatic N) is 1. The van der Waals surface area contributed by atoms with Gasteiger partial charge in [0, 0.05) is 37.1 Å². The Labute approximate surface area is 165 Å². The second-order valence-electron chi connectivity index (χ2n) is 7.20. The summed E-state index contributed by atoms with van der Waals surface area (Å²) in [4.78, 5) is 3.79. The minimum atomic E-state index is 0.287. The Morgan fingerprint density at radius 3 is 2.96 bits per heavy atom. The molecule has 146 valence electrons. The number of morpholine rings is 1.